The molecule has 4 N–H and O–H groups in total. The number of anilines is 2. The number of carbonyl (C=O) groups excluding carboxylic acids is 1. The van der Waals surface area contributed by atoms with E-state index >= 15 is 0 Å². The van der Waals surface area contributed by atoms with Gasteiger partial charge in [-0.15, -0.1) is 0 Å². The maximum atomic E-state index is 14.0. The first kappa shape index (κ1) is 22.3. The Kier molecular flexibility index (Phi) is 8.70. The van der Waals surface area contributed by atoms with Gasteiger partial charge in [0.1, 0.15) is 5.82 Å². The van der Waals surface area contributed by atoms with E-state index in [-0.39, 0.29) is 28.8 Å². The molecule has 2 rings (SSSR count). The molecule has 2 aromatic carbocycles. The van der Waals surface area contributed by atoms with Crippen LogP contribution < -0.4 is 10.8 Å². The summed E-state index contributed by atoms with van der Waals surface area (Å²) in [5.41, 5.74) is 3.07. The Morgan fingerprint density at radius 3 is 2.74 bits per heavy atom. The molecule has 0 saturated heterocycles. The molecule has 0 fully saturated rings. The van der Waals surface area contributed by atoms with E-state index in [9.17, 15) is 14.3 Å². The van der Waals surface area contributed by atoms with Gasteiger partial charge in [0.2, 0.25) is 0 Å². The molecular weight excluding hydrogens is 557 g/mol. The summed E-state index contributed by atoms with van der Waals surface area (Å²) in [6.45, 7) is -0.394. The normalized spacial score (nSPS) is 11.9. The monoisotopic (exact) mass is 572 g/mol. The smallest absolute Gasteiger partial charge is 0.276 e. The largest absolute Gasteiger partial charge is 0.394 e. The van der Waals surface area contributed by atoms with Crippen LogP contribution in [0.1, 0.15) is 16.8 Å². The maximum Gasteiger partial charge on any atom is 0.276 e. The van der Waals surface area contributed by atoms with E-state index in [1.165, 1.54) is 12.1 Å². The average Bonchev–Trinajstić information content (AvgIpc) is 2.63. The maximum absolute atomic E-state index is 14.0. The lowest BCUT2D eigenvalue weighted by atomic mass is 10.1. The zero-order valence-corrected chi connectivity index (χ0v) is 18.3. The number of halogens is 4. The minimum atomic E-state index is -0.929. The zero-order chi connectivity index (χ0) is 20.0. The second kappa shape index (κ2) is 10.5. The second-order valence-electron chi connectivity index (χ2n) is 5.47. The van der Waals surface area contributed by atoms with Crippen molar-refractivity contribution in [3.8, 4) is 0 Å². The molecule has 10 heteroatoms. The highest BCUT2D eigenvalue weighted by Crippen LogP contribution is 2.31. The Morgan fingerprint density at radius 1 is 1.33 bits per heavy atom. The second-order valence-corrected chi connectivity index (χ2v) is 7.97. The first-order valence-corrected chi connectivity index (χ1v) is 9.99. The Balaban J connectivity index is 2.17. The van der Waals surface area contributed by atoms with Gasteiger partial charge in [0.05, 0.1) is 45.8 Å². The van der Waals surface area contributed by atoms with Gasteiger partial charge in [-0.25, -0.2) is 9.87 Å². The Bertz CT molecular complexity index is 828. The van der Waals surface area contributed by atoms with Crippen molar-refractivity contribution in [1.82, 2.24) is 5.48 Å². The molecule has 2 aromatic rings. The van der Waals surface area contributed by atoms with Crippen LogP contribution >= 0.6 is 50.1 Å². The van der Waals surface area contributed by atoms with Gasteiger partial charge in [-0.3, -0.25) is 9.63 Å². The molecule has 0 saturated carbocycles. The van der Waals surface area contributed by atoms with E-state index in [2.05, 4.69) is 49.3 Å². The van der Waals surface area contributed by atoms with Crippen LogP contribution in [0.15, 0.2) is 34.8 Å². The van der Waals surface area contributed by atoms with Crippen LogP contribution in [0.2, 0.25) is 5.02 Å². The molecule has 0 bridgehead atoms. The Morgan fingerprint density at radius 2 is 2.07 bits per heavy atom. The highest BCUT2D eigenvalue weighted by atomic mass is 127. The van der Waals surface area contributed by atoms with E-state index in [1.54, 1.807) is 12.1 Å². The highest BCUT2D eigenvalue weighted by Gasteiger charge is 2.17. The van der Waals surface area contributed by atoms with Gasteiger partial charge in [-0.05, 0) is 68.9 Å². The van der Waals surface area contributed by atoms with Crippen LogP contribution in [-0.2, 0) is 4.84 Å². The van der Waals surface area contributed by atoms with Crippen molar-refractivity contribution in [2.45, 2.75) is 12.5 Å². The number of aliphatic hydroxyl groups excluding tert-OH is 2. The number of amides is 1. The van der Waals surface area contributed by atoms with E-state index in [0.717, 1.165) is 3.57 Å². The SMILES string of the molecule is O=C(NOCCC(O)CO)c1cc(Br)c(F)cc1Nc1ccc(I)cc1Cl. The van der Waals surface area contributed by atoms with E-state index in [0.29, 0.717) is 10.7 Å². The Labute approximate surface area is 182 Å². The van der Waals surface area contributed by atoms with Gasteiger partial charge >= 0.3 is 0 Å². The molecule has 1 atom stereocenters. The van der Waals surface area contributed by atoms with Crippen LogP contribution in [0.5, 0.6) is 0 Å². The molecule has 0 radical (unpaired) electrons. The van der Waals surface area contributed by atoms with Gasteiger partial charge in [0.15, 0.2) is 0 Å². The fourth-order valence-corrected chi connectivity index (χ4v) is 3.28. The number of nitrogens with one attached hydrogen (secondary N) is 2. The fraction of sp³-hybridized carbons (Fsp3) is 0.235. The lowest BCUT2D eigenvalue weighted by Crippen LogP contribution is -2.27. The third kappa shape index (κ3) is 6.54. The quantitative estimate of drug-likeness (QED) is 0.218. The lowest BCUT2D eigenvalue weighted by Gasteiger charge is -2.15. The van der Waals surface area contributed by atoms with Gasteiger partial charge in [0, 0.05) is 9.99 Å². The van der Waals surface area contributed by atoms with Crippen molar-refractivity contribution < 1.29 is 24.2 Å². The van der Waals surface area contributed by atoms with Gasteiger partial charge < -0.3 is 15.5 Å². The van der Waals surface area contributed by atoms with Gasteiger partial charge in [0.25, 0.3) is 5.91 Å². The molecule has 0 aliphatic carbocycles. The van der Waals surface area contributed by atoms with Crippen molar-refractivity contribution in [3.05, 3.63) is 54.8 Å². The summed E-state index contributed by atoms with van der Waals surface area (Å²) in [4.78, 5) is 17.4. The van der Waals surface area contributed by atoms with E-state index < -0.39 is 24.4 Å². The topological polar surface area (TPSA) is 90.8 Å². The summed E-state index contributed by atoms with van der Waals surface area (Å²) < 4.78 is 15.0. The number of hydroxylamine groups is 1. The van der Waals surface area contributed by atoms with Crippen LogP contribution in [0.4, 0.5) is 15.8 Å². The summed E-state index contributed by atoms with van der Waals surface area (Å²) in [5, 5.41) is 21.4. The number of carbonyl (C=O) groups is 1. The molecule has 27 heavy (non-hydrogen) atoms. The third-order valence-corrected chi connectivity index (χ3v) is 5.03. The van der Waals surface area contributed by atoms with Gasteiger partial charge in [-0.1, -0.05) is 11.6 Å². The molecule has 146 valence electrons. The average molecular weight is 574 g/mol. The fourth-order valence-electron chi connectivity index (χ4n) is 2.03. The standard InChI is InChI=1S/C17H16BrClFIN2O4/c18-12-6-11(17(26)23-27-4-3-10(25)8-24)16(7-14(12)20)22-15-2-1-9(21)5-13(15)19/h1-2,5-7,10,22,24-25H,3-4,8H2,(H,23,26). The molecular formula is C17H16BrClFIN2O4. The van der Waals surface area contributed by atoms with Crippen LogP contribution in [0, 0.1) is 9.39 Å². The summed E-state index contributed by atoms with van der Waals surface area (Å²) >= 11 is 11.4. The van der Waals surface area contributed by atoms with E-state index in [4.69, 9.17) is 21.5 Å². The van der Waals surface area contributed by atoms with Crippen LogP contribution in [-0.4, -0.2) is 35.4 Å². The third-order valence-electron chi connectivity index (χ3n) is 3.43. The van der Waals surface area contributed by atoms with Crippen molar-refractivity contribution in [2.24, 2.45) is 0 Å². The summed E-state index contributed by atoms with van der Waals surface area (Å²) in [6.07, 6.45) is -0.783. The summed E-state index contributed by atoms with van der Waals surface area (Å²) in [6, 6.07) is 7.76. The molecule has 0 aliphatic heterocycles. The van der Waals surface area contributed by atoms with Crippen molar-refractivity contribution in [1.29, 1.82) is 0 Å². The minimum absolute atomic E-state index is 0.00153. The molecule has 0 aliphatic rings. The molecule has 1 unspecified atom stereocenters. The molecule has 0 spiro atoms. The molecule has 0 heterocycles. The molecule has 0 aromatic heterocycles. The van der Waals surface area contributed by atoms with Crippen LogP contribution in [0.3, 0.4) is 0 Å². The molecule has 6 nitrogen and oxygen atoms in total. The summed E-state index contributed by atoms with van der Waals surface area (Å²) in [5.74, 6) is -1.17. The lowest BCUT2D eigenvalue weighted by molar-refractivity contribution is 0.00705. The number of benzene rings is 2. The minimum Gasteiger partial charge on any atom is -0.394 e. The predicted molar refractivity (Wildman–Crippen MR) is 113 cm³/mol. The van der Waals surface area contributed by atoms with Crippen molar-refractivity contribution in [3.63, 3.8) is 0 Å². The first-order chi connectivity index (χ1) is 12.8. The Hall–Kier alpha value is -0.980. The van der Waals surface area contributed by atoms with E-state index in [1.807, 2.05) is 6.07 Å². The van der Waals surface area contributed by atoms with Crippen molar-refractivity contribution >= 4 is 67.4 Å². The summed E-state index contributed by atoms with van der Waals surface area (Å²) in [7, 11) is 0. The predicted octanol–water partition coefficient (Wildman–Crippen LogP) is 3.99. The number of hydrogen-bond donors (Lipinski definition) is 4. The highest BCUT2D eigenvalue weighted by molar-refractivity contribution is 14.1. The molecule has 1 amide bonds. The number of rotatable bonds is 8. The van der Waals surface area contributed by atoms with Crippen LogP contribution in [0.25, 0.3) is 0 Å². The zero-order valence-electron chi connectivity index (χ0n) is 13.8. The van der Waals surface area contributed by atoms with Gasteiger partial charge in [-0.2, -0.15) is 0 Å². The number of hydrogen-bond acceptors (Lipinski definition) is 5. The first-order valence-electron chi connectivity index (χ1n) is 7.74. The number of aliphatic hydroxyl groups is 2. The van der Waals surface area contributed by atoms with Crippen molar-refractivity contribution in [2.75, 3.05) is 18.5 Å².